The molecular formula is C34H36N2O8. The normalized spacial score (nSPS) is 29.3. The van der Waals surface area contributed by atoms with Crippen molar-refractivity contribution < 1.29 is 38.9 Å². The van der Waals surface area contributed by atoms with E-state index < -0.39 is 41.0 Å². The lowest BCUT2D eigenvalue weighted by molar-refractivity contribution is -0.141. The lowest BCUT2D eigenvalue weighted by atomic mass is 9.51. The van der Waals surface area contributed by atoms with Gasteiger partial charge in [-0.3, -0.25) is 28.9 Å². The van der Waals surface area contributed by atoms with Crippen molar-refractivity contribution >= 4 is 35.3 Å². The number of phenolic OH excluding ortho intramolecular Hbond substituents is 1. The van der Waals surface area contributed by atoms with Crippen molar-refractivity contribution in [2.24, 2.45) is 29.1 Å². The molecule has 0 bridgehead atoms. The van der Waals surface area contributed by atoms with Crippen LogP contribution in [0, 0.1) is 29.1 Å². The van der Waals surface area contributed by atoms with E-state index in [0.717, 1.165) is 5.57 Å². The number of hydrogen-bond donors (Lipinski definition) is 2. The fraction of sp³-hybridized carbons (Fsp3) is 0.441. The van der Waals surface area contributed by atoms with Crippen LogP contribution in [-0.4, -0.2) is 58.4 Å². The van der Waals surface area contributed by atoms with Crippen LogP contribution in [0.4, 0.5) is 5.69 Å². The Morgan fingerprint density at radius 1 is 0.955 bits per heavy atom. The van der Waals surface area contributed by atoms with Crippen LogP contribution in [0.1, 0.15) is 56.9 Å². The van der Waals surface area contributed by atoms with E-state index in [1.54, 1.807) is 49.4 Å². The maximum absolute atomic E-state index is 14.4. The SMILES string of the molecule is COc1cccc(O)c1C1C2=CCC3C(=O)N(CCCCCC(=O)O)C(=O)C3C2CC2C(=O)N(c3ccccc3)C(=O)C21C. The molecule has 2 aliphatic carbocycles. The number of aromatic hydroxyl groups is 1. The van der Waals surface area contributed by atoms with Gasteiger partial charge in [-0.05, 0) is 62.8 Å². The molecule has 10 nitrogen and oxygen atoms in total. The van der Waals surface area contributed by atoms with Crippen molar-refractivity contribution in [1.82, 2.24) is 4.90 Å². The highest BCUT2D eigenvalue weighted by Crippen LogP contribution is 2.65. The highest BCUT2D eigenvalue weighted by atomic mass is 16.5. The molecule has 2 aliphatic heterocycles. The van der Waals surface area contributed by atoms with Crippen molar-refractivity contribution in [3.63, 3.8) is 0 Å². The third kappa shape index (κ3) is 4.41. The second-order valence-corrected chi connectivity index (χ2v) is 12.4. The van der Waals surface area contributed by atoms with Gasteiger partial charge in [0.15, 0.2) is 0 Å². The Bertz CT molecular complexity index is 1570. The summed E-state index contributed by atoms with van der Waals surface area (Å²) in [6.45, 7) is 1.98. The third-order valence-electron chi connectivity index (χ3n) is 10.2. The number of hydrogen-bond acceptors (Lipinski definition) is 7. The van der Waals surface area contributed by atoms with Gasteiger partial charge in [0.1, 0.15) is 11.5 Å². The monoisotopic (exact) mass is 600 g/mol. The average Bonchev–Trinajstić information content (AvgIpc) is 3.37. The number of para-hydroxylation sites is 1. The number of carbonyl (C=O) groups is 5. The molecule has 44 heavy (non-hydrogen) atoms. The van der Waals surface area contributed by atoms with Crippen LogP contribution >= 0.6 is 0 Å². The van der Waals surface area contributed by atoms with Gasteiger partial charge in [-0.1, -0.05) is 42.3 Å². The van der Waals surface area contributed by atoms with Crippen molar-refractivity contribution in [2.75, 3.05) is 18.6 Å². The summed E-state index contributed by atoms with van der Waals surface area (Å²) in [6, 6.07) is 13.6. The van der Waals surface area contributed by atoms with E-state index >= 15 is 0 Å². The summed E-state index contributed by atoms with van der Waals surface area (Å²) in [4.78, 5) is 69.5. The molecule has 0 aromatic heterocycles. The van der Waals surface area contributed by atoms with Crippen molar-refractivity contribution in [3.05, 3.63) is 65.7 Å². The summed E-state index contributed by atoms with van der Waals surface area (Å²) in [7, 11) is 1.48. The number of methoxy groups -OCH3 is 1. The lowest BCUT2D eigenvalue weighted by Gasteiger charge is -2.49. The van der Waals surface area contributed by atoms with Gasteiger partial charge in [0.05, 0.1) is 36.0 Å². The number of amides is 4. The number of ether oxygens (including phenoxy) is 1. The first-order valence-corrected chi connectivity index (χ1v) is 15.2. The molecule has 0 radical (unpaired) electrons. The number of unbranched alkanes of at least 4 members (excludes halogenated alkanes) is 2. The number of imide groups is 2. The molecule has 6 unspecified atom stereocenters. The molecule has 0 spiro atoms. The molecule has 4 aliphatic rings. The van der Waals surface area contributed by atoms with Crippen LogP contribution in [-0.2, 0) is 24.0 Å². The van der Waals surface area contributed by atoms with Crippen molar-refractivity contribution in [1.29, 1.82) is 0 Å². The minimum absolute atomic E-state index is 0.0343. The van der Waals surface area contributed by atoms with Crippen LogP contribution in [0.2, 0.25) is 0 Å². The number of carbonyl (C=O) groups excluding carboxylic acids is 4. The molecular weight excluding hydrogens is 564 g/mol. The first-order valence-electron chi connectivity index (χ1n) is 15.2. The number of likely N-dealkylation sites (tertiary alicyclic amines) is 1. The van der Waals surface area contributed by atoms with Gasteiger partial charge in [-0.2, -0.15) is 0 Å². The topological polar surface area (TPSA) is 142 Å². The van der Waals surface area contributed by atoms with Crippen LogP contribution in [0.3, 0.4) is 0 Å². The number of carboxylic acid groups (broad SMARTS) is 1. The zero-order valence-corrected chi connectivity index (χ0v) is 24.8. The Hall–Kier alpha value is -4.47. The summed E-state index contributed by atoms with van der Waals surface area (Å²) in [5, 5.41) is 20.2. The Morgan fingerprint density at radius 2 is 1.70 bits per heavy atom. The van der Waals surface area contributed by atoms with Crippen LogP contribution in [0.5, 0.6) is 11.5 Å². The second kappa shape index (κ2) is 11.2. The number of carboxylic acids is 1. The predicted octanol–water partition coefficient (Wildman–Crippen LogP) is 4.28. The van der Waals surface area contributed by atoms with Gasteiger partial charge in [-0.25, -0.2) is 4.90 Å². The van der Waals surface area contributed by atoms with E-state index in [2.05, 4.69) is 0 Å². The Balaban J connectivity index is 1.41. The van der Waals surface area contributed by atoms with Gasteiger partial charge in [0.2, 0.25) is 23.6 Å². The van der Waals surface area contributed by atoms with Gasteiger partial charge in [0, 0.05) is 24.4 Å². The van der Waals surface area contributed by atoms with Crippen LogP contribution in [0.15, 0.2) is 60.2 Å². The number of aliphatic carboxylic acids is 1. The molecule has 2 aromatic carbocycles. The average molecular weight is 601 g/mol. The number of nitrogens with zero attached hydrogens (tertiary/aromatic N) is 2. The summed E-state index contributed by atoms with van der Waals surface area (Å²) in [5.41, 5.74) is 0.325. The standard InChI is InChI=1S/C34H36N2O8/c1-34-23(31(41)36(33(34)43)19-10-5-3-6-11-19)18-22-20(29(34)28-24(37)12-9-13-25(28)44-2)15-16-21-27(22)32(42)35(30(21)40)17-8-4-7-14-26(38)39/h3,5-6,9-13,15,21-23,27,29,37H,4,7-8,14,16-18H2,1-2H3,(H,38,39). The van der Waals surface area contributed by atoms with Crippen molar-refractivity contribution in [3.8, 4) is 11.5 Å². The lowest BCUT2D eigenvalue weighted by Crippen LogP contribution is -2.49. The molecule has 6 rings (SSSR count). The smallest absolute Gasteiger partial charge is 0.303 e. The molecule has 2 saturated heterocycles. The van der Waals surface area contributed by atoms with Gasteiger partial charge >= 0.3 is 5.97 Å². The number of anilines is 1. The molecule has 3 fully saturated rings. The fourth-order valence-electron chi connectivity index (χ4n) is 8.16. The number of fused-ring (bicyclic) bond motifs is 4. The predicted molar refractivity (Wildman–Crippen MR) is 159 cm³/mol. The van der Waals surface area contributed by atoms with Crippen LogP contribution < -0.4 is 9.64 Å². The molecule has 4 amide bonds. The highest BCUT2D eigenvalue weighted by molar-refractivity contribution is 6.24. The van der Waals surface area contributed by atoms with E-state index in [1.165, 1.54) is 23.0 Å². The molecule has 2 heterocycles. The quantitative estimate of drug-likeness (QED) is 0.247. The second-order valence-electron chi connectivity index (χ2n) is 12.4. The minimum atomic E-state index is -1.29. The van der Waals surface area contributed by atoms with E-state index in [-0.39, 0.29) is 48.8 Å². The number of benzene rings is 2. The third-order valence-corrected chi connectivity index (χ3v) is 10.2. The largest absolute Gasteiger partial charge is 0.508 e. The molecule has 6 atom stereocenters. The van der Waals surface area contributed by atoms with Gasteiger partial charge in [0.25, 0.3) is 0 Å². The molecule has 230 valence electrons. The van der Waals surface area contributed by atoms with E-state index in [0.29, 0.717) is 42.7 Å². The van der Waals surface area contributed by atoms with E-state index in [1.807, 2.05) is 6.08 Å². The number of phenols is 1. The summed E-state index contributed by atoms with van der Waals surface area (Å²) >= 11 is 0. The Kier molecular flexibility index (Phi) is 7.55. The summed E-state index contributed by atoms with van der Waals surface area (Å²) < 4.78 is 5.68. The number of allylic oxidation sites excluding steroid dienone is 2. The minimum Gasteiger partial charge on any atom is -0.508 e. The van der Waals surface area contributed by atoms with Crippen LogP contribution in [0.25, 0.3) is 0 Å². The highest BCUT2D eigenvalue weighted by Gasteiger charge is 2.68. The van der Waals surface area contributed by atoms with E-state index in [4.69, 9.17) is 9.84 Å². The maximum Gasteiger partial charge on any atom is 0.303 e. The first kappa shape index (κ1) is 29.6. The summed E-state index contributed by atoms with van der Waals surface area (Å²) in [6.07, 6.45) is 4.04. The molecule has 2 aromatic rings. The van der Waals surface area contributed by atoms with Gasteiger partial charge < -0.3 is 14.9 Å². The molecule has 2 N–H and O–H groups in total. The Morgan fingerprint density at radius 3 is 2.41 bits per heavy atom. The van der Waals surface area contributed by atoms with Crippen molar-refractivity contribution in [2.45, 2.75) is 51.4 Å². The first-order chi connectivity index (χ1) is 21.1. The molecule has 1 saturated carbocycles. The molecule has 10 heteroatoms. The number of rotatable bonds is 9. The van der Waals surface area contributed by atoms with Gasteiger partial charge in [-0.15, -0.1) is 0 Å². The zero-order valence-electron chi connectivity index (χ0n) is 24.8. The maximum atomic E-state index is 14.4. The fourth-order valence-corrected chi connectivity index (χ4v) is 8.16. The summed E-state index contributed by atoms with van der Waals surface area (Å²) in [5.74, 6) is -5.24. The zero-order chi connectivity index (χ0) is 31.3. The van der Waals surface area contributed by atoms with E-state index in [9.17, 15) is 29.1 Å². The Labute approximate surface area is 255 Å².